The highest BCUT2D eigenvalue weighted by atomic mass is 32.2. The Morgan fingerprint density at radius 3 is 2.89 bits per heavy atom. The molecule has 2 amide bonds. The second kappa shape index (κ2) is 9.41. The molecule has 5 atom stereocenters. The molecule has 0 unspecified atom stereocenters. The van der Waals surface area contributed by atoms with E-state index in [1.165, 1.54) is 27.7 Å². The lowest BCUT2D eigenvalue weighted by Gasteiger charge is -2.47. The Bertz CT molecular complexity index is 1160. The molecule has 2 fully saturated rings. The van der Waals surface area contributed by atoms with E-state index in [1.54, 1.807) is 13.1 Å². The number of tetrazole rings is 1. The van der Waals surface area contributed by atoms with E-state index in [9.17, 15) is 19.5 Å². The van der Waals surface area contributed by atoms with E-state index >= 15 is 0 Å². The molecule has 3 aliphatic heterocycles. The van der Waals surface area contributed by atoms with E-state index in [4.69, 9.17) is 0 Å². The van der Waals surface area contributed by atoms with Gasteiger partial charge in [0, 0.05) is 34.5 Å². The number of thioether (sulfide) groups is 1. The van der Waals surface area contributed by atoms with Gasteiger partial charge in [-0.05, 0) is 42.8 Å². The SMILES string of the molecule is C[C@@H](NC(=O)Cn1cnnn1)[C@H]1C(=O)N2C(C(=O)O)=C(Sc3cnn(C[C@@H]4CCNC4)c3)[C@H](C)[C@H]12. The van der Waals surface area contributed by atoms with Gasteiger partial charge in [0.2, 0.25) is 11.8 Å². The lowest BCUT2D eigenvalue weighted by Crippen LogP contribution is -2.66. The molecule has 5 rings (SSSR count). The number of β-lactam (4-membered cyclic amide) rings is 1. The van der Waals surface area contributed by atoms with Crippen LogP contribution in [0.2, 0.25) is 0 Å². The Hall–Kier alpha value is -3.26. The van der Waals surface area contributed by atoms with Gasteiger partial charge in [-0.3, -0.25) is 14.3 Å². The molecular formula is C21H27N9O4S. The molecule has 35 heavy (non-hydrogen) atoms. The number of carboxylic acids is 1. The van der Waals surface area contributed by atoms with E-state index in [-0.39, 0.29) is 36.0 Å². The summed E-state index contributed by atoms with van der Waals surface area (Å²) in [5.74, 6) is -1.94. The van der Waals surface area contributed by atoms with E-state index in [1.807, 2.05) is 17.8 Å². The van der Waals surface area contributed by atoms with Crippen LogP contribution in [0, 0.1) is 17.8 Å². The number of carbonyl (C=O) groups excluding carboxylic acids is 2. The Morgan fingerprint density at radius 2 is 2.20 bits per heavy atom. The molecule has 0 radical (unpaired) electrons. The quantitative estimate of drug-likeness (QED) is 0.384. The van der Waals surface area contributed by atoms with Crippen molar-refractivity contribution in [3.63, 3.8) is 0 Å². The lowest BCUT2D eigenvalue weighted by atomic mass is 9.78. The third kappa shape index (κ3) is 4.43. The second-order valence-corrected chi connectivity index (χ2v) is 10.4. The van der Waals surface area contributed by atoms with Gasteiger partial charge >= 0.3 is 5.97 Å². The largest absolute Gasteiger partial charge is 0.477 e. The highest BCUT2D eigenvalue weighted by molar-refractivity contribution is 8.03. The minimum atomic E-state index is -1.13. The van der Waals surface area contributed by atoms with Gasteiger partial charge in [0.1, 0.15) is 18.6 Å². The van der Waals surface area contributed by atoms with Crippen molar-refractivity contribution in [2.24, 2.45) is 17.8 Å². The van der Waals surface area contributed by atoms with Gasteiger partial charge in [0.25, 0.3) is 0 Å². The van der Waals surface area contributed by atoms with Crippen LogP contribution < -0.4 is 10.6 Å². The molecule has 3 N–H and O–H groups in total. The molecule has 3 aliphatic rings. The number of carbonyl (C=O) groups is 3. The van der Waals surface area contributed by atoms with Crippen molar-refractivity contribution in [2.75, 3.05) is 13.1 Å². The topological polar surface area (TPSA) is 160 Å². The first-order valence-electron chi connectivity index (χ1n) is 11.5. The molecule has 2 saturated heterocycles. The van der Waals surface area contributed by atoms with Gasteiger partial charge in [0.15, 0.2) is 0 Å². The predicted molar refractivity (Wildman–Crippen MR) is 122 cm³/mol. The number of rotatable bonds is 9. The van der Waals surface area contributed by atoms with Crippen LogP contribution in [0.15, 0.2) is 34.2 Å². The Kier molecular flexibility index (Phi) is 6.32. The van der Waals surface area contributed by atoms with E-state index < -0.39 is 17.9 Å². The highest BCUT2D eigenvalue weighted by Crippen LogP contribution is 2.51. The molecule has 186 valence electrons. The molecule has 0 aliphatic carbocycles. The standard InChI is InChI=1S/C21H27N9O4S/c1-11-17-16(12(2)25-15(31)9-29-10-23-26-27-29)20(32)30(17)18(21(33)34)19(11)35-14-6-24-28(8-14)7-13-3-4-22-5-13/h6,8,10-13,16-17,22H,3-5,7,9H2,1-2H3,(H,25,31)(H,33,34)/t11-,12-,13-,16-,17-/m1/s1. The van der Waals surface area contributed by atoms with Crippen molar-refractivity contribution >= 4 is 29.5 Å². The highest BCUT2D eigenvalue weighted by Gasteiger charge is 2.60. The maximum absolute atomic E-state index is 13.0. The molecule has 14 heteroatoms. The van der Waals surface area contributed by atoms with E-state index in [0.29, 0.717) is 10.8 Å². The van der Waals surface area contributed by atoms with Gasteiger partial charge in [-0.25, -0.2) is 9.48 Å². The average Bonchev–Trinajstić information content (AvgIpc) is 3.59. The maximum atomic E-state index is 13.0. The summed E-state index contributed by atoms with van der Waals surface area (Å²) in [5.41, 5.74) is 0.0220. The van der Waals surface area contributed by atoms with Crippen LogP contribution in [0.5, 0.6) is 0 Å². The van der Waals surface area contributed by atoms with Crippen molar-refractivity contribution in [1.29, 1.82) is 0 Å². The number of fused-ring (bicyclic) bond motifs is 1. The lowest BCUT2D eigenvalue weighted by molar-refractivity contribution is -0.158. The Morgan fingerprint density at radius 1 is 1.37 bits per heavy atom. The maximum Gasteiger partial charge on any atom is 0.353 e. The first-order valence-corrected chi connectivity index (χ1v) is 12.4. The summed E-state index contributed by atoms with van der Waals surface area (Å²) in [6.45, 7) is 6.42. The molecule has 0 aromatic carbocycles. The van der Waals surface area contributed by atoms with Gasteiger partial charge < -0.3 is 20.6 Å². The zero-order valence-corrected chi connectivity index (χ0v) is 20.2. The molecule has 2 aromatic rings. The minimum Gasteiger partial charge on any atom is -0.477 e. The first kappa shape index (κ1) is 23.5. The minimum absolute atomic E-state index is 0.0220. The normalized spacial score (nSPS) is 26.6. The van der Waals surface area contributed by atoms with Crippen molar-refractivity contribution in [3.8, 4) is 0 Å². The summed E-state index contributed by atoms with van der Waals surface area (Å²) < 4.78 is 3.18. The molecule has 2 aromatic heterocycles. The number of nitrogens with one attached hydrogen (secondary N) is 2. The van der Waals surface area contributed by atoms with Crippen LogP contribution in [0.1, 0.15) is 20.3 Å². The number of hydrogen-bond donors (Lipinski definition) is 3. The van der Waals surface area contributed by atoms with Crippen molar-refractivity contribution in [2.45, 2.75) is 50.3 Å². The molecular weight excluding hydrogens is 474 g/mol. The van der Waals surface area contributed by atoms with Gasteiger partial charge in [-0.15, -0.1) is 5.10 Å². The third-order valence-electron chi connectivity index (χ3n) is 6.86. The van der Waals surface area contributed by atoms with Gasteiger partial charge in [-0.2, -0.15) is 5.10 Å². The summed E-state index contributed by atoms with van der Waals surface area (Å²) in [7, 11) is 0. The van der Waals surface area contributed by atoms with Gasteiger partial charge in [-0.1, -0.05) is 18.7 Å². The summed E-state index contributed by atoms with van der Waals surface area (Å²) in [4.78, 5) is 40.4. The number of hydrogen-bond acceptors (Lipinski definition) is 9. The van der Waals surface area contributed by atoms with Crippen molar-refractivity contribution < 1.29 is 19.5 Å². The summed E-state index contributed by atoms with van der Waals surface area (Å²) in [6.07, 6.45) is 6.11. The number of carboxylic acid groups (broad SMARTS) is 1. The third-order valence-corrected chi connectivity index (χ3v) is 8.09. The van der Waals surface area contributed by atoms with Crippen LogP contribution in [-0.2, 0) is 27.5 Å². The fraction of sp³-hybridized carbons (Fsp3) is 0.571. The summed E-state index contributed by atoms with van der Waals surface area (Å²) in [5, 5.41) is 31.2. The van der Waals surface area contributed by atoms with Crippen molar-refractivity contribution in [1.82, 2.24) is 45.5 Å². The molecule has 0 spiro atoms. The molecule has 0 saturated carbocycles. The summed E-state index contributed by atoms with van der Waals surface area (Å²) >= 11 is 1.35. The Labute approximate surface area is 205 Å². The average molecular weight is 502 g/mol. The Balaban J connectivity index is 1.28. The molecule has 0 bridgehead atoms. The molecule has 5 heterocycles. The number of aromatic nitrogens is 6. The first-order chi connectivity index (χ1) is 16.8. The van der Waals surface area contributed by atoms with E-state index in [0.717, 1.165) is 31.0 Å². The van der Waals surface area contributed by atoms with Crippen LogP contribution in [0.25, 0.3) is 0 Å². The zero-order valence-electron chi connectivity index (χ0n) is 19.4. The van der Waals surface area contributed by atoms with Gasteiger partial charge in [0.05, 0.1) is 18.2 Å². The van der Waals surface area contributed by atoms with Crippen LogP contribution >= 0.6 is 11.8 Å². The smallest absolute Gasteiger partial charge is 0.353 e. The predicted octanol–water partition coefficient (Wildman–Crippen LogP) is -0.451. The monoisotopic (exact) mass is 501 g/mol. The van der Waals surface area contributed by atoms with Crippen LogP contribution in [0.3, 0.4) is 0 Å². The fourth-order valence-corrected chi connectivity index (χ4v) is 6.36. The molecule has 13 nitrogen and oxygen atoms in total. The van der Waals surface area contributed by atoms with Crippen molar-refractivity contribution in [3.05, 3.63) is 29.3 Å². The van der Waals surface area contributed by atoms with Crippen LogP contribution in [-0.4, -0.2) is 83.0 Å². The van der Waals surface area contributed by atoms with Crippen LogP contribution in [0.4, 0.5) is 0 Å². The fourth-order valence-electron chi connectivity index (χ4n) is 5.22. The number of aliphatic carboxylic acids is 1. The van der Waals surface area contributed by atoms with E-state index in [2.05, 4.69) is 31.3 Å². The zero-order chi connectivity index (χ0) is 24.7. The second-order valence-electron chi connectivity index (χ2n) is 9.25. The number of nitrogens with zero attached hydrogens (tertiary/aromatic N) is 7. The number of amides is 2. The summed E-state index contributed by atoms with van der Waals surface area (Å²) in [6, 6.07) is -0.809.